The number of carbonyl (C=O) groups excluding carboxylic acids is 3. The highest BCUT2D eigenvalue weighted by molar-refractivity contribution is 6.16. The van der Waals surface area contributed by atoms with Crippen molar-refractivity contribution in [2.24, 2.45) is 10.9 Å². The molecule has 0 radical (unpaired) electrons. The summed E-state index contributed by atoms with van der Waals surface area (Å²) in [5, 5.41) is 0. The van der Waals surface area contributed by atoms with E-state index in [9.17, 15) is 14.4 Å². The molecule has 1 aromatic rings. The number of rotatable bonds is 5. The molecule has 0 aromatic carbocycles. The van der Waals surface area contributed by atoms with E-state index >= 15 is 0 Å². The molecule has 1 saturated carbocycles. The normalized spacial score (nSPS) is 25.2. The van der Waals surface area contributed by atoms with Crippen molar-refractivity contribution in [1.82, 2.24) is 9.80 Å². The number of furan rings is 1. The Kier molecular flexibility index (Phi) is 5.98. The first-order valence-electron chi connectivity index (χ1n) is 9.11. The molecule has 0 N–H and O–H groups in total. The van der Waals surface area contributed by atoms with Gasteiger partial charge in [0, 0.05) is 64.6 Å². The molecule has 2 aliphatic rings. The summed E-state index contributed by atoms with van der Waals surface area (Å²) in [6.45, 7) is 6.07. The van der Waals surface area contributed by atoms with Crippen LogP contribution < -0.4 is 0 Å². The Balaban J connectivity index is 1.43. The highest BCUT2D eigenvalue weighted by Crippen LogP contribution is 2.31. The summed E-state index contributed by atoms with van der Waals surface area (Å²) in [6, 6.07) is 3.58. The summed E-state index contributed by atoms with van der Waals surface area (Å²) < 4.78 is 5.32. The maximum absolute atomic E-state index is 12.3. The van der Waals surface area contributed by atoms with Gasteiger partial charge in [-0.1, -0.05) is 0 Å². The van der Waals surface area contributed by atoms with Crippen molar-refractivity contribution in [2.45, 2.75) is 25.7 Å². The van der Waals surface area contributed by atoms with Crippen molar-refractivity contribution in [3.63, 3.8) is 0 Å². The molecular weight excluding hydrogens is 334 g/mol. The van der Waals surface area contributed by atoms with Gasteiger partial charge in [0.2, 0.25) is 5.91 Å². The molecule has 26 heavy (non-hydrogen) atoms. The Morgan fingerprint density at radius 2 is 1.92 bits per heavy atom. The molecular formula is C19H25N3O4. The largest absolute Gasteiger partial charge is 0.469 e. The zero-order valence-corrected chi connectivity index (χ0v) is 15.1. The topological polar surface area (TPSA) is 83.2 Å². The lowest BCUT2D eigenvalue weighted by Crippen LogP contribution is -2.48. The zero-order chi connectivity index (χ0) is 18.5. The van der Waals surface area contributed by atoms with Gasteiger partial charge in [-0.3, -0.25) is 24.3 Å². The molecule has 1 aromatic heterocycles. The summed E-state index contributed by atoms with van der Waals surface area (Å²) in [5.41, 5.74) is 0. The third-order valence-electron chi connectivity index (χ3n) is 5.15. The summed E-state index contributed by atoms with van der Waals surface area (Å²) in [5.74, 6) is -0.206. The van der Waals surface area contributed by atoms with Crippen LogP contribution in [0.25, 0.3) is 0 Å². The van der Waals surface area contributed by atoms with E-state index in [4.69, 9.17) is 4.42 Å². The van der Waals surface area contributed by atoms with Crippen LogP contribution in [0.1, 0.15) is 31.4 Å². The zero-order valence-electron chi connectivity index (χ0n) is 15.1. The van der Waals surface area contributed by atoms with Crippen molar-refractivity contribution in [3.8, 4) is 0 Å². The van der Waals surface area contributed by atoms with Gasteiger partial charge in [0.1, 0.15) is 23.2 Å². The van der Waals surface area contributed by atoms with Gasteiger partial charge in [-0.05, 0) is 12.1 Å². The van der Waals surface area contributed by atoms with Crippen molar-refractivity contribution in [1.29, 1.82) is 0 Å². The number of hydrogen-bond acceptors (Lipinski definition) is 6. The minimum absolute atomic E-state index is 0.0820. The first kappa shape index (κ1) is 18.5. The monoisotopic (exact) mass is 359 g/mol. The van der Waals surface area contributed by atoms with E-state index in [0.29, 0.717) is 25.1 Å². The number of Topliss-reactive ketones (excluding diaryl/α,β-unsaturated/α-hetero) is 2. The summed E-state index contributed by atoms with van der Waals surface area (Å²) in [4.78, 5) is 44.3. The Morgan fingerprint density at radius 1 is 1.23 bits per heavy atom. The van der Waals surface area contributed by atoms with Gasteiger partial charge in [0.05, 0.1) is 12.8 Å². The van der Waals surface area contributed by atoms with Crippen LogP contribution in [-0.4, -0.2) is 72.8 Å². The molecule has 0 unspecified atom stereocenters. The quantitative estimate of drug-likeness (QED) is 0.582. The second-order valence-corrected chi connectivity index (χ2v) is 6.93. The Bertz CT molecular complexity index is 657. The number of piperazine rings is 1. The molecule has 3 rings (SSSR count). The van der Waals surface area contributed by atoms with Crippen molar-refractivity contribution in [3.05, 3.63) is 24.2 Å². The molecule has 2 fully saturated rings. The Labute approximate surface area is 153 Å². The average Bonchev–Trinajstić information content (AvgIpc) is 3.15. The van der Waals surface area contributed by atoms with Crippen LogP contribution in [0.15, 0.2) is 27.8 Å². The molecule has 1 aliphatic carbocycles. The lowest BCUT2D eigenvalue weighted by Gasteiger charge is -2.33. The minimum Gasteiger partial charge on any atom is -0.469 e. The number of amides is 1. The number of aliphatic imine (C=N–C) groups is 1. The second kappa shape index (κ2) is 8.40. The number of nitrogens with zero attached hydrogens (tertiary/aromatic N) is 3. The van der Waals surface area contributed by atoms with E-state index in [1.165, 1.54) is 6.21 Å². The van der Waals surface area contributed by atoms with Gasteiger partial charge in [0.25, 0.3) is 0 Å². The molecule has 0 spiro atoms. The third-order valence-corrected chi connectivity index (χ3v) is 5.15. The Morgan fingerprint density at radius 3 is 2.50 bits per heavy atom. The minimum atomic E-state index is -0.712. The SMILES string of the molecule is CC(=O)N1CCN(CCN=CC2C(=O)CC(c3ccco3)CC2=O)CC1. The van der Waals surface area contributed by atoms with Crippen LogP contribution >= 0.6 is 0 Å². The fourth-order valence-corrected chi connectivity index (χ4v) is 3.55. The highest BCUT2D eigenvalue weighted by Gasteiger charge is 2.36. The van der Waals surface area contributed by atoms with E-state index in [1.807, 2.05) is 11.0 Å². The maximum atomic E-state index is 12.3. The van der Waals surface area contributed by atoms with Gasteiger partial charge >= 0.3 is 0 Å². The van der Waals surface area contributed by atoms with E-state index in [0.717, 1.165) is 32.7 Å². The standard InChI is InChI=1S/C19H25N3O4/c1-14(23)22-8-6-21(7-9-22)5-4-20-13-16-17(24)11-15(12-18(16)25)19-3-2-10-26-19/h2-3,10,13,15-16H,4-9,11-12H2,1H3. The van der Waals surface area contributed by atoms with Crippen molar-refractivity contribution < 1.29 is 18.8 Å². The highest BCUT2D eigenvalue weighted by atomic mass is 16.3. The van der Waals surface area contributed by atoms with E-state index in [-0.39, 0.29) is 23.4 Å². The average molecular weight is 359 g/mol. The van der Waals surface area contributed by atoms with E-state index < -0.39 is 5.92 Å². The third kappa shape index (κ3) is 4.46. The molecule has 140 valence electrons. The van der Waals surface area contributed by atoms with Crippen LogP contribution in [0.2, 0.25) is 0 Å². The molecule has 1 saturated heterocycles. The van der Waals surface area contributed by atoms with Crippen LogP contribution in [-0.2, 0) is 14.4 Å². The molecule has 1 amide bonds. The first-order valence-corrected chi connectivity index (χ1v) is 9.11. The molecule has 7 heteroatoms. The Hall–Kier alpha value is -2.28. The fourth-order valence-electron chi connectivity index (χ4n) is 3.55. The predicted octanol–water partition coefficient (Wildman–Crippen LogP) is 1.15. The number of hydrogen-bond donors (Lipinski definition) is 0. The predicted molar refractivity (Wildman–Crippen MR) is 96.2 cm³/mol. The number of carbonyl (C=O) groups is 3. The van der Waals surface area contributed by atoms with Gasteiger partial charge in [-0.15, -0.1) is 0 Å². The van der Waals surface area contributed by atoms with Crippen LogP contribution in [0.4, 0.5) is 0 Å². The number of ketones is 2. The van der Waals surface area contributed by atoms with Crippen LogP contribution in [0, 0.1) is 5.92 Å². The molecule has 2 heterocycles. The van der Waals surface area contributed by atoms with Gasteiger partial charge in [0.15, 0.2) is 0 Å². The van der Waals surface area contributed by atoms with Crippen molar-refractivity contribution in [2.75, 3.05) is 39.3 Å². The van der Waals surface area contributed by atoms with Gasteiger partial charge in [-0.2, -0.15) is 0 Å². The van der Waals surface area contributed by atoms with E-state index in [2.05, 4.69) is 9.89 Å². The van der Waals surface area contributed by atoms with Crippen LogP contribution in [0.3, 0.4) is 0 Å². The van der Waals surface area contributed by atoms with E-state index in [1.54, 1.807) is 19.3 Å². The van der Waals surface area contributed by atoms with Gasteiger partial charge in [-0.25, -0.2) is 0 Å². The first-order chi connectivity index (χ1) is 12.5. The lowest BCUT2D eigenvalue weighted by atomic mass is 9.79. The fraction of sp³-hybridized carbons (Fsp3) is 0.579. The second-order valence-electron chi connectivity index (χ2n) is 6.93. The summed E-state index contributed by atoms with van der Waals surface area (Å²) >= 11 is 0. The van der Waals surface area contributed by atoms with Crippen molar-refractivity contribution >= 4 is 23.7 Å². The van der Waals surface area contributed by atoms with Crippen LogP contribution in [0.5, 0.6) is 0 Å². The maximum Gasteiger partial charge on any atom is 0.219 e. The summed E-state index contributed by atoms with van der Waals surface area (Å²) in [6.07, 6.45) is 3.73. The molecule has 0 bridgehead atoms. The smallest absolute Gasteiger partial charge is 0.219 e. The summed E-state index contributed by atoms with van der Waals surface area (Å²) in [7, 11) is 0. The lowest BCUT2D eigenvalue weighted by molar-refractivity contribution is -0.133. The molecule has 0 atom stereocenters. The van der Waals surface area contributed by atoms with Gasteiger partial charge < -0.3 is 9.32 Å². The molecule has 1 aliphatic heterocycles. The molecule has 7 nitrogen and oxygen atoms in total.